The SMILES string of the molecule is CCCCP(CCCC)CCCC.CCCC[P+](CCO)(CCCC)CCCC.OCCI.[I-]. The number of hydrogen-bond donors (Lipinski definition) is 2. The molecule has 0 bridgehead atoms. The zero-order chi connectivity index (χ0) is 25.6. The van der Waals surface area contributed by atoms with Gasteiger partial charge in [0, 0.05) is 11.7 Å². The van der Waals surface area contributed by atoms with Gasteiger partial charge in [0.2, 0.25) is 0 Å². The Morgan fingerprint density at radius 2 is 0.824 bits per heavy atom. The number of hydrogen-bond acceptors (Lipinski definition) is 2. The Hall–Kier alpha value is 2.24. The zero-order valence-electron chi connectivity index (χ0n) is 24.1. The maximum atomic E-state index is 9.33. The fourth-order valence-electron chi connectivity index (χ4n) is 3.84. The normalized spacial score (nSPS) is 10.8. The van der Waals surface area contributed by atoms with Crippen molar-refractivity contribution < 1.29 is 34.2 Å². The standard InChI is InChI=1S/C14H32OP.C12H27P.C2H5IO.HI/c1-4-7-11-16(14-10-15,12-8-5-2)13-9-6-3;1-4-7-10-13(11-8-5-2)12-9-6-3;3-1-2-4;/h15H,4-14H2,1-3H3;4-12H2,1-3H3;4H,1-2H2;1H/q+1;;;/p-1. The van der Waals surface area contributed by atoms with Crippen LogP contribution in [0.4, 0.5) is 0 Å². The van der Waals surface area contributed by atoms with Crippen LogP contribution in [0.5, 0.6) is 0 Å². The molecule has 0 saturated carbocycles. The van der Waals surface area contributed by atoms with Crippen molar-refractivity contribution in [3.63, 3.8) is 0 Å². The van der Waals surface area contributed by atoms with Crippen molar-refractivity contribution in [2.45, 2.75) is 119 Å². The monoisotopic (exact) mass is 748 g/mol. The summed E-state index contributed by atoms with van der Waals surface area (Å²) in [5.74, 6) is 0. The molecule has 0 spiro atoms. The largest absolute Gasteiger partial charge is 1.00 e. The van der Waals surface area contributed by atoms with E-state index in [1.807, 2.05) is 0 Å². The van der Waals surface area contributed by atoms with Gasteiger partial charge in [0.05, 0.1) is 37.9 Å². The molecule has 0 amide bonds. The first-order valence-corrected chi connectivity index (χ1v) is 20.3. The quantitative estimate of drug-likeness (QED) is 0.0782. The second-order valence-electron chi connectivity index (χ2n) is 9.34. The summed E-state index contributed by atoms with van der Waals surface area (Å²) in [5, 5.41) is 17.2. The van der Waals surface area contributed by atoms with E-state index in [9.17, 15) is 5.11 Å². The Labute approximate surface area is 249 Å². The van der Waals surface area contributed by atoms with Crippen LogP contribution in [0, 0.1) is 0 Å². The van der Waals surface area contributed by atoms with Gasteiger partial charge in [0.15, 0.2) is 0 Å². The molecular weight excluding hydrogens is 684 g/mol. The van der Waals surface area contributed by atoms with E-state index in [0.29, 0.717) is 21.1 Å². The average molecular weight is 749 g/mol. The van der Waals surface area contributed by atoms with Crippen LogP contribution in [-0.2, 0) is 0 Å². The van der Waals surface area contributed by atoms with Crippen LogP contribution in [0.3, 0.4) is 0 Å². The highest BCUT2D eigenvalue weighted by Gasteiger charge is 2.34. The molecule has 0 rings (SSSR count). The number of unbranched alkanes of at least 4 members (excludes halogenated alkanes) is 6. The van der Waals surface area contributed by atoms with Crippen LogP contribution >= 0.6 is 37.8 Å². The average Bonchev–Trinajstić information content (AvgIpc) is 2.85. The fraction of sp³-hybridized carbons (Fsp3) is 1.00. The Kier molecular flexibility index (Phi) is 47.6. The highest BCUT2D eigenvalue weighted by Crippen LogP contribution is 2.60. The molecule has 0 aromatic heterocycles. The van der Waals surface area contributed by atoms with Gasteiger partial charge in [-0.3, -0.25) is 0 Å². The molecule has 2 N–H and O–H groups in total. The molecule has 212 valence electrons. The van der Waals surface area contributed by atoms with E-state index in [0.717, 1.165) is 10.6 Å². The lowest BCUT2D eigenvalue weighted by Crippen LogP contribution is -3.00. The molecule has 0 saturated heterocycles. The third-order valence-corrected chi connectivity index (χ3v) is 14.4. The Morgan fingerprint density at radius 1 is 0.529 bits per heavy atom. The van der Waals surface area contributed by atoms with Gasteiger partial charge < -0.3 is 34.2 Å². The topological polar surface area (TPSA) is 40.5 Å². The molecular formula is C28H64I2O2P2. The third-order valence-electron chi connectivity index (χ3n) is 6.10. The molecule has 0 unspecified atom stereocenters. The molecule has 0 aliphatic heterocycles. The van der Waals surface area contributed by atoms with E-state index in [-0.39, 0.29) is 24.0 Å². The van der Waals surface area contributed by atoms with Crippen LogP contribution in [-0.4, -0.2) is 71.0 Å². The van der Waals surface area contributed by atoms with Crippen molar-refractivity contribution in [2.75, 3.05) is 60.8 Å². The highest BCUT2D eigenvalue weighted by molar-refractivity contribution is 14.1. The summed E-state index contributed by atoms with van der Waals surface area (Å²) in [6.45, 7) is 14.5. The number of aliphatic hydroxyl groups is 2. The maximum absolute atomic E-state index is 9.33. The lowest BCUT2D eigenvalue weighted by Gasteiger charge is -2.27. The summed E-state index contributed by atoms with van der Waals surface area (Å²) < 4.78 is 0.845. The predicted molar refractivity (Wildman–Crippen MR) is 170 cm³/mol. The first kappa shape index (κ1) is 43.3. The molecule has 2 nitrogen and oxygen atoms in total. The molecule has 0 aliphatic rings. The van der Waals surface area contributed by atoms with Gasteiger partial charge in [-0.25, -0.2) is 0 Å². The number of aliphatic hydroxyl groups excluding tert-OH is 2. The van der Waals surface area contributed by atoms with E-state index in [2.05, 4.69) is 64.1 Å². The summed E-state index contributed by atoms with van der Waals surface area (Å²) in [6.07, 6.45) is 26.7. The van der Waals surface area contributed by atoms with Crippen LogP contribution in [0.2, 0.25) is 0 Å². The second-order valence-corrected chi connectivity index (χ2v) is 17.6. The summed E-state index contributed by atoms with van der Waals surface area (Å²) in [6, 6.07) is 0. The summed E-state index contributed by atoms with van der Waals surface area (Å²) in [7, 11) is -0.374. The molecule has 34 heavy (non-hydrogen) atoms. The number of alkyl halides is 1. The van der Waals surface area contributed by atoms with Gasteiger partial charge in [-0.2, -0.15) is 0 Å². The Balaban J connectivity index is -0.000000226. The first-order valence-electron chi connectivity index (χ1n) is 14.4. The van der Waals surface area contributed by atoms with E-state index < -0.39 is 7.26 Å². The van der Waals surface area contributed by atoms with Crippen LogP contribution in [0.15, 0.2) is 0 Å². The minimum Gasteiger partial charge on any atom is -1.00 e. The molecule has 0 atom stereocenters. The van der Waals surface area contributed by atoms with Crippen molar-refractivity contribution in [3.05, 3.63) is 0 Å². The van der Waals surface area contributed by atoms with Gasteiger partial charge in [0.1, 0.15) is 0 Å². The van der Waals surface area contributed by atoms with Gasteiger partial charge >= 0.3 is 0 Å². The minimum absolute atomic E-state index is 0. The van der Waals surface area contributed by atoms with Gasteiger partial charge in [-0.15, -0.1) is 7.92 Å². The lowest BCUT2D eigenvalue weighted by molar-refractivity contribution is -0.00000973. The van der Waals surface area contributed by atoms with E-state index in [1.165, 1.54) is 95.5 Å². The van der Waals surface area contributed by atoms with Crippen molar-refractivity contribution >= 4 is 37.8 Å². The second kappa shape index (κ2) is 37.4. The molecule has 0 radical (unpaired) electrons. The van der Waals surface area contributed by atoms with Crippen molar-refractivity contribution in [3.8, 4) is 0 Å². The summed E-state index contributed by atoms with van der Waals surface area (Å²) >= 11 is 2.10. The van der Waals surface area contributed by atoms with Crippen LogP contribution < -0.4 is 24.0 Å². The van der Waals surface area contributed by atoms with Crippen molar-refractivity contribution in [1.82, 2.24) is 0 Å². The molecule has 0 aliphatic carbocycles. The number of rotatable bonds is 21. The van der Waals surface area contributed by atoms with Gasteiger partial charge in [0.25, 0.3) is 0 Å². The molecule has 0 aromatic carbocycles. The lowest BCUT2D eigenvalue weighted by atomic mass is 10.4. The zero-order valence-corrected chi connectivity index (χ0v) is 30.2. The van der Waals surface area contributed by atoms with Crippen LogP contribution in [0.25, 0.3) is 0 Å². The van der Waals surface area contributed by atoms with E-state index in [4.69, 9.17) is 5.11 Å². The molecule has 0 fully saturated rings. The first-order chi connectivity index (χ1) is 16.0. The molecule has 6 heteroatoms. The van der Waals surface area contributed by atoms with E-state index >= 15 is 0 Å². The number of halogens is 2. The highest BCUT2D eigenvalue weighted by atomic mass is 127. The smallest absolute Gasteiger partial charge is 0.0825 e. The van der Waals surface area contributed by atoms with E-state index in [1.54, 1.807) is 18.5 Å². The van der Waals surface area contributed by atoms with Crippen LogP contribution in [0.1, 0.15) is 119 Å². The maximum Gasteiger partial charge on any atom is 0.0825 e. The third kappa shape index (κ3) is 32.3. The van der Waals surface area contributed by atoms with Crippen molar-refractivity contribution in [2.24, 2.45) is 0 Å². The van der Waals surface area contributed by atoms with Gasteiger partial charge in [-0.05, 0) is 57.0 Å². The fourth-order valence-corrected chi connectivity index (χ4v) is 11.5. The van der Waals surface area contributed by atoms with Gasteiger partial charge in [-0.1, -0.05) is 103 Å². The Bertz CT molecular complexity index is 295. The predicted octanol–water partition coefficient (Wildman–Crippen LogP) is 6.68. The summed E-state index contributed by atoms with van der Waals surface area (Å²) in [4.78, 5) is 0. The summed E-state index contributed by atoms with van der Waals surface area (Å²) in [5.41, 5.74) is 0. The molecule has 0 heterocycles. The van der Waals surface area contributed by atoms with Crippen molar-refractivity contribution in [1.29, 1.82) is 0 Å². The molecule has 0 aromatic rings. The Morgan fingerprint density at radius 3 is 1.03 bits per heavy atom. The minimum atomic E-state index is -0.796.